The summed E-state index contributed by atoms with van der Waals surface area (Å²) in [5.74, 6) is 0.437. The van der Waals surface area contributed by atoms with Crippen LogP contribution in [0.4, 0.5) is 10.5 Å². The maximum atomic E-state index is 12.9. The summed E-state index contributed by atoms with van der Waals surface area (Å²) in [6, 6.07) is 12.6. The number of rotatable bonds is 8. The van der Waals surface area contributed by atoms with Crippen LogP contribution in [0.25, 0.3) is 6.08 Å². The van der Waals surface area contributed by atoms with Crippen LogP contribution >= 0.6 is 35.0 Å². The molecule has 2 heterocycles. The Morgan fingerprint density at radius 3 is 2.56 bits per heavy atom. The molecule has 1 aliphatic heterocycles. The van der Waals surface area contributed by atoms with Gasteiger partial charge in [0, 0.05) is 12.1 Å². The third-order valence-electron chi connectivity index (χ3n) is 4.91. The van der Waals surface area contributed by atoms with Crippen LogP contribution in [0, 0.1) is 10.1 Å². The first-order valence-electron chi connectivity index (χ1n) is 10.5. The van der Waals surface area contributed by atoms with Gasteiger partial charge in [-0.25, -0.2) is 4.98 Å². The van der Waals surface area contributed by atoms with Crippen molar-refractivity contribution in [3.63, 3.8) is 0 Å². The number of carbonyl (C=O) groups excluding carboxylic acids is 2. The first-order chi connectivity index (χ1) is 17.2. The topological polar surface area (TPSA) is 112 Å². The quantitative estimate of drug-likeness (QED) is 0.174. The third kappa shape index (κ3) is 5.78. The summed E-state index contributed by atoms with van der Waals surface area (Å²) >= 11 is 12.8. The second-order valence-corrected chi connectivity index (χ2v) is 9.18. The summed E-state index contributed by atoms with van der Waals surface area (Å²) in [5.41, 5.74) is 1.13. The summed E-state index contributed by atoms with van der Waals surface area (Å²) in [6.45, 7) is 2.21. The van der Waals surface area contributed by atoms with E-state index < -0.39 is 16.1 Å². The molecule has 1 aromatic heterocycles. The van der Waals surface area contributed by atoms with E-state index in [9.17, 15) is 19.7 Å². The molecule has 0 unspecified atom stereocenters. The second-order valence-electron chi connectivity index (χ2n) is 7.37. The van der Waals surface area contributed by atoms with Gasteiger partial charge in [-0.1, -0.05) is 35.3 Å². The van der Waals surface area contributed by atoms with Crippen LogP contribution < -0.4 is 9.47 Å². The van der Waals surface area contributed by atoms with Crippen LogP contribution in [0.15, 0.2) is 59.6 Å². The normalized spacial score (nSPS) is 14.4. The number of pyridine rings is 1. The molecule has 1 fully saturated rings. The molecule has 0 aliphatic carbocycles. The maximum Gasteiger partial charge on any atom is 0.293 e. The lowest BCUT2D eigenvalue weighted by molar-refractivity contribution is -0.385. The van der Waals surface area contributed by atoms with Gasteiger partial charge in [-0.05, 0) is 60.2 Å². The number of ether oxygens (including phenoxy) is 2. The van der Waals surface area contributed by atoms with Gasteiger partial charge < -0.3 is 9.47 Å². The minimum absolute atomic E-state index is 0.0676. The van der Waals surface area contributed by atoms with Crippen LogP contribution in [-0.2, 0) is 11.3 Å². The zero-order valence-electron chi connectivity index (χ0n) is 18.6. The molecular weight excluding hydrogens is 529 g/mol. The lowest BCUT2D eigenvalue weighted by atomic mass is 10.1. The van der Waals surface area contributed by atoms with Crippen molar-refractivity contribution in [2.75, 3.05) is 6.61 Å². The third-order valence-corrected chi connectivity index (χ3v) is 6.56. The van der Waals surface area contributed by atoms with Crippen molar-refractivity contribution in [2.24, 2.45) is 0 Å². The van der Waals surface area contributed by atoms with Gasteiger partial charge in [-0.3, -0.25) is 24.6 Å². The Bertz CT molecular complexity index is 1380. The molecule has 9 nitrogen and oxygen atoms in total. The number of benzene rings is 2. The molecule has 0 saturated carbocycles. The highest BCUT2D eigenvalue weighted by Crippen LogP contribution is 2.37. The molecular formula is C24H17Cl2N3O6S. The fourth-order valence-electron chi connectivity index (χ4n) is 3.23. The number of thioether (sulfide) groups is 1. The Balaban J connectivity index is 1.53. The van der Waals surface area contributed by atoms with Gasteiger partial charge in [0.05, 0.1) is 33.0 Å². The number of nitro groups is 1. The number of halogens is 2. The van der Waals surface area contributed by atoms with Crippen molar-refractivity contribution in [3.8, 4) is 17.4 Å². The number of imide groups is 1. The number of carbonyl (C=O) groups is 2. The highest BCUT2D eigenvalue weighted by atomic mass is 35.5. The van der Waals surface area contributed by atoms with Crippen molar-refractivity contribution in [1.82, 2.24) is 9.88 Å². The van der Waals surface area contributed by atoms with Crippen molar-refractivity contribution in [3.05, 3.63) is 90.9 Å². The van der Waals surface area contributed by atoms with Gasteiger partial charge in [-0.15, -0.1) is 0 Å². The van der Waals surface area contributed by atoms with Gasteiger partial charge in [0.2, 0.25) is 5.88 Å². The molecule has 3 aromatic rings. The lowest BCUT2D eigenvalue weighted by Gasteiger charge is -2.13. The Labute approximate surface area is 219 Å². The molecule has 0 spiro atoms. The molecule has 0 N–H and O–H groups in total. The molecule has 1 saturated heterocycles. The van der Waals surface area contributed by atoms with Crippen LogP contribution in [0.2, 0.25) is 10.0 Å². The average molecular weight is 546 g/mol. The van der Waals surface area contributed by atoms with E-state index in [0.29, 0.717) is 39.3 Å². The van der Waals surface area contributed by atoms with E-state index in [0.717, 1.165) is 22.9 Å². The Morgan fingerprint density at radius 2 is 1.89 bits per heavy atom. The van der Waals surface area contributed by atoms with Crippen LogP contribution in [0.3, 0.4) is 0 Å². The first-order valence-corrected chi connectivity index (χ1v) is 12.1. The molecule has 36 heavy (non-hydrogen) atoms. The molecule has 2 amide bonds. The maximum absolute atomic E-state index is 12.9. The molecule has 0 bridgehead atoms. The van der Waals surface area contributed by atoms with E-state index in [4.69, 9.17) is 32.7 Å². The fraction of sp³-hybridized carbons (Fsp3) is 0.125. The highest BCUT2D eigenvalue weighted by molar-refractivity contribution is 8.18. The van der Waals surface area contributed by atoms with Crippen molar-refractivity contribution in [2.45, 2.75) is 13.5 Å². The van der Waals surface area contributed by atoms with Gasteiger partial charge in [0.1, 0.15) is 6.20 Å². The predicted octanol–water partition coefficient (Wildman–Crippen LogP) is 6.72. The fourth-order valence-corrected chi connectivity index (χ4v) is 4.39. The van der Waals surface area contributed by atoms with Crippen molar-refractivity contribution >= 4 is 57.9 Å². The van der Waals surface area contributed by atoms with Gasteiger partial charge in [-0.2, -0.15) is 0 Å². The number of nitrogens with zero attached hydrogens (tertiary/aromatic N) is 3. The summed E-state index contributed by atoms with van der Waals surface area (Å²) in [5, 5.41) is 11.1. The Hall–Kier alpha value is -3.60. The van der Waals surface area contributed by atoms with Gasteiger partial charge >= 0.3 is 0 Å². The lowest BCUT2D eigenvalue weighted by Crippen LogP contribution is -2.27. The molecule has 184 valence electrons. The highest BCUT2D eigenvalue weighted by Gasteiger charge is 2.35. The zero-order valence-corrected chi connectivity index (χ0v) is 21.0. The first kappa shape index (κ1) is 25.5. The minimum atomic E-state index is -0.552. The summed E-state index contributed by atoms with van der Waals surface area (Å²) in [4.78, 5) is 41.0. The SMILES string of the molecule is CCOc1cc(/C=C2\SC(=O)N(Cc3ccc(Cl)c(Cl)c3)C2=O)ccc1Oc1ccc([N+](=O)[O-])cn1. The molecule has 12 heteroatoms. The Kier molecular flexibility index (Phi) is 7.78. The number of aromatic nitrogens is 1. The summed E-state index contributed by atoms with van der Waals surface area (Å²) in [7, 11) is 0. The van der Waals surface area contributed by atoms with E-state index in [-0.39, 0.29) is 23.0 Å². The largest absolute Gasteiger partial charge is 0.490 e. The molecule has 1 aliphatic rings. The summed E-state index contributed by atoms with van der Waals surface area (Å²) in [6.07, 6.45) is 2.69. The van der Waals surface area contributed by atoms with E-state index in [2.05, 4.69) is 4.98 Å². The number of amides is 2. The van der Waals surface area contributed by atoms with Crippen molar-refractivity contribution < 1.29 is 24.0 Å². The molecule has 0 radical (unpaired) electrons. The second kappa shape index (κ2) is 11.0. The standard InChI is InChI=1S/C24H17Cl2N3O6S/c1-2-34-20-10-14(4-7-19(20)35-22-8-5-16(12-27-22)29(32)33)11-21-23(30)28(24(31)36-21)13-15-3-6-17(25)18(26)9-15/h3-12H,2,13H2,1H3/b21-11-. The van der Waals surface area contributed by atoms with Crippen LogP contribution in [0.5, 0.6) is 17.4 Å². The van der Waals surface area contributed by atoms with E-state index in [1.165, 1.54) is 12.1 Å². The summed E-state index contributed by atoms with van der Waals surface area (Å²) < 4.78 is 11.4. The van der Waals surface area contributed by atoms with E-state index in [1.54, 1.807) is 49.4 Å². The number of hydrogen-bond donors (Lipinski definition) is 0. The molecule has 2 aromatic carbocycles. The molecule has 4 rings (SSSR count). The van der Waals surface area contributed by atoms with Crippen molar-refractivity contribution in [1.29, 1.82) is 0 Å². The smallest absolute Gasteiger partial charge is 0.293 e. The monoisotopic (exact) mass is 545 g/mol. The Morgan fingerprint density at radius 1 is 1.08 bits per heavy atom. The minimum Gasteiger partial charge on any atom is -0.490 e. The molecule has 0 atom stereocenters. The van der Waals surface area contributed by atoms with Gasteiger partial charge in [0.25, 0.3) is 16.8 Å². The van der Waals surface area contributed by atoms with Gasteiger partial charge in [0.15, 0.2) is 11.5 Å². The zero-order chi connectivity index (χ0) is 25.8. The predicted molar refractivity (Wildman–Crippen MR) is 137 cm³/mol. The number of hydrogen-bond acceptors (Lipinski definition) is 8. The van der Waals surface area contributed by atoms with Crippen LogP contribution in [0.1, 0.15) is 18.1 Å². The van der Waals surface area contributed by atoms with E-state index >= 15 is 0 Å². The van der Waals surface area contributed by atoms with Crippen LogP contribution in [-0.4, -0.2) is 32.6 Å². The van der Waals surface area contributed by atoms with E-state index in [1.807, 2.05) is 0 Å². The average Bonchev–Trinajstić information content (AvgIpc) is 3.10.